The maximum absolute atomic E-state index is 12.2. The van der Waals surface area contributed by atoms with Crippen LogP contribution in [0.3, 0.4) is 0 Å². The van der Waals surface area contributed by atoms with Crippen LogP contribution in [0.4, 0.5) is 0 Å². The average Bonchev–Trinajstić information content (AvgIpc) is 2.25. The van der Waals surface area contributed by atoms with Gasteiger partial charge in [0, 0.05) is 25.4 Å². The third-order valence-corrected chi connectivity index (χ3v) is 5.12. The molecule has 0 radical (unpaired) electrons. The summed E-state index contributed by atoms with van der Waals surface area (Å²) in [6, 6.07) is -0.0274. The first kappa shape index (κ1) is 14.4. The zero-order valence-corrected chi connectivity index (χ0v) is 11.5. The fourth-order valence-corrected chi connectivity index (χ4v) is 2.80. The fourth-order valence-electron chi connectivity index (χ4n) is 2.30. The summed E-state index contributed by atoms with van der Waals surface area (Å²) in [6.45, 7) is 4.51. The molecule has 1 fully saturated rings. The number of amides is 1. The molecule has 1 heterocycles. The molecule has 6 heteroatoms. The van der Waals surface area contributed by atoms with Gasteiger partial charge in [-0.1, -0.05) is 6.92 Å². The monoisotopic (exact) mass is 262 g/mol. The van der Waals surface area contributed by atoms with Crippen LogP contribution >= 0.6 is 0 Å². The number of sulfone groups is 1. The Morgan fingerprint density at radius 2 is 2.12 bits per heavy atom. The maximum Gasteiger partial charge on any atom is 0.240 e. The summed E-state index contributed by atoms with van der Waals surface area (Å²) >= 11 is 0. The predicted molar refractivity (Wildman–Crippen MR) is 67.3 cm³/mol. The molecule has 0 bridgehead atoms. The van der Waals surface area contributed by atoms with Gasteiger partial charge in [0.1, 0.15) is 5.25 Å². The summed E-state index contributed by atoms with van der Waals surface area (Å²) in [7, 11) is -3.33. The van der Waals surface area contributed by atoms with Crippen molar-refractivity contribution in [2.75, 3.05) is 19.3 Å². The summed E-state index contributed by atoms with van der Waals surface area (Å²) < 4.78 is 22.8. The topological polar surface area (TPSA) is 80.5 Å². The minimum Gasteiger partial charge on any atom is -0.337 e. The fraction of sp³-hybridized carbons (Fsp3) is 0.909. The van der Waals surface area contributed by atoms with E-state index in [0.717, 1.165) is 19.1 Å². The minimum atomic E-state index is -3.33. The van der Waals surface area contributed by atoms with Crippen LogP contribution in [0, 0.1) is 5.92 Å². The van der Waals surface area contributed by atoms with Gasteiger partial charge in [-0.15, -0.1) is 0 Å². The van der Waals surface area contributed by atoms with Gasteiger partial charge in [-0.3, -0.25) is 4.79 Å². The van der Waals surface area contributed by atoms with Crippen molar-refractivity contribution in [1.29, 1.82) is 0 Å². The molecule has 3 atom stereocenters. The van der Waals surface area contributed by atoms with Gasteiger partial charge >= 0.3 is 0 Å². The molecule has 0 aromatic heterocycles. The lowest BCUT2D eigenvalue weighted by Gasteiger charge is -2.40. The Morgan fingerprint density at radius 1 is 1.53 bits per heavy atom. The van der Waals surface area contributed by atoms with Crippen molar-refractivity contribution in [3.63, 3.8) is 0 Å². The van der Waals surface area contributed by atoms with E-state index in [9.17, 15) is 13.2 Å². The van der Waals surface area contributed by atoms with Crippen molar-refractivity contribution >= 4 is 15.7 Å². The molecular weight excluding hydrogens is 240 g/mol. The number of piperidine rings is 1. The van der Waals surface area contributed by atoms with E-state index < -0.39 is 15.1 Å². The third-order valence-electron chi connectivity index (χ3n) is 3.63. The zero-order chi connectivity index (χ0) is 13.2. The maximum atomic E-state index is 12.2. The van der Waals surface area contributed by atoms with Gasteiger partial charge < -0.3 is 10.6 Å². The Morgan fingerprint density at radius 3 is 2.59 bits per heavy atom. The van der Waals surface area contributed by atoms with E-state index in [1.54, 1.807) is 4.90 Å². The van der Waals surface area contributed by atoms with Gasteiger partial charge in [-0.2, -0.15) is 0 Å². The van der Waals surface area contributed by atoms with Gasteiger partial charge in [0.15, 0.2) is 9.84 Å². The molecule has 0 aliphatic carbocycles. The molecule has 1 aliphatic rings. The molecule has 1 aliphatic heterocycles. The highest BCUT2D eigenvalue weighted by atomic mass is 32.2. The van der Waals surface area contributed by atoms with Gasteiger partial charge in [0.05, 0.1) is 0 Å². The Kier molecular flexibility index (Phi) is 4.55. The number of hydrogen-bond donors (Lipinski definition) is 1. The molecule has 17 heavy (non-hydrogen) atoms. The lowest BCUT2D eigenvalue weighted by atomic mass is 9.90. The number of carbonyl (C=O) groups is 1. The second-order valence-corrected chi connectivity index (χ2v) is 7.29. The molecule has 3 unspecified atom stereocenters. The summed E-state index contributed by atoms with van der Waals surface area (Å²) in [5.74, 6) is 0.0268. The normalized spacial score (nSPS) is 27.9. The number of nitrogens with two attached hydrogens (primary N) is 1. The van der Waals surface area contributed by atoms with Crippen molar-refractivity contribution < 1.29 is 13.2 Å². The van der Waals surface area contributed by atoms with Gasteiger partial charge in [-0.05, 0) is 25.7 Å². The van der Waals surface area contributed by atoms with E-state index in [1.165, 1.54) is 6.92 Å². The molecule has 1 rings (SSSR count). The highest BCUT2D eigenvalue weighted by Crippen LogP contribution is 2.24. The lowest BCUT2D eigenvalue weighted by Crippen LogP contribution is -2.54. The molecule has 100 valence electrons. The van der Waals surface area contributed by atoms with Crippen molar-refractivity contribution in [1.82, 2.24) is 4.90 Å². The van der Waals surface area contributed by atoms with Crippen LogP contribution in [0.1, 0.15) is 26.7 Å². The van der Waals surface area contributed by atoms with E-state index in [-0.39, 0.29) is 11.9 Å². The number of nitrogens with zero attached hydrogens (tertiary/aromatic N) is 1. The molecule has 2 N–H and O–H groups in total. The van der Waals surface area contributed by atoms with Crippen molar-refractivity contribution in [3.8, 4) is 0 Å². The highest BCUT2D eigenvalue weighted by molar-refractivity contribution is 7.92. The Hall–Kier alpha value is -0.620. The molecule has 1 amide bonds. The number of likely N-dealkylation sites (tertiary alicyclic amines) is 1. The molecule has 0 spiro atoms. The summed E-state index contributed by atoms with van der Waals surface area (Å²) in [6.07, 6.45) is 3.05. The summed E-state index contributed by atoms with van der Waals surface area (Å²) in [4.78, 5) is 13.8. The minimum absolute atomic E-state index is 0.0274. The van der Waals surface area contributed by atoms with E-state index in [4.69, 9.17) is 5.73 Å². The van der Waals surface area contributed by atoms with Crippen LogP contribution in [-0.2, 0) is 14.6 Å². The number of hydrogen-bond acceptors (Lipinski definition) is 4. The van der Waals surface area contributed by atoms with Gasteiger partial charge in [0.25, 0.3) is 0 Å². The molecular formula is C11H22N2O3S. The van der Waals surface area contributed by atoms with Crippen molar-refractivity contribution in [2.45, 2.75) is 38.0 Å². The first-order valence-electron chi connectivity index (χ1n) is 5.98. The largest absolute Gasteiger partial charge is 0.337 e. The van der Waals surface area contributed by atoms with Crippen LogP contribution in [0.2, 0.25) is 0 Å². The Labute approximate surface area is 103 Å². The lowest BCUT2D eigenvalue weighted by molar-refractivity contribution is -0.135. The predicted octanol–water partition coefficient (Wildman–Crippen LogP) is 0.00530. The Bertz CT molecular complexity index is 380. The smallest absolute Gasteiger partial charge is 0.240 e. The number of rotatable bonds is 3. The van der Waals surface area contributed by atoms with Crippen LogP contribution in [0.5, 0.6) is 0 Å². The van der Waals surface area contributed by atoms with Crippen LogP contribution in [0.25, 0.3) is 0 Å². The Balaban J connectivity index is 2.87. The molecule has 0 saturated carbocycles. The second-order valence-electron chi connectivity index (χ2n) is 4.93. The number of carbonyl (C=O) groups excluding carboxylic acids is 1. The van der Waals surface area contributed by atoms with Gasteiger partial charge in [0.2, 0.25) is 5.91 Å². The summed E-state index contributed by atoms with van der Waals surface area (Å²) in [5.41, 5.74) is 5.69. The third kappa shape index (κ3) is 3.19. The molecule has 5 nitrogen and oxygen atoms in total. The first-order valence-corrected chi connectivity index (χ1v) is 7.94. The molecule has 0 aromatic carbocycles. The SMILES string of the molecule is CC1CCCN(C(=O)C(C)S(C)(=O)=O)C1CN. The van der Waals surface area contributed by atoms with Crippen LogP contribution in [-0.4, -0.2) is 49.9 Å². The first-order chi connectivity index (χ1) is 7.79. The van der Waals surface area contributed by atoms with Crippen LogP contribution in [0.15, 0.2) is 0 Å². The van der Waals surface area contributed by atoms with E-state index in [1.807, 2.05) is 0 Å². The van der Waals surface area contributed by atoms with E-state index in [2.05, 4.69) is 6.92 Å². The average molecular weight is 262 g/mol. The molecule has 0 aromatic rings. The van der Waals surface area contributed by atoms with Gasteiger partial charge in [-0.25, -0.2) is 8.42 Å². The van der Waals surface area contributed by atoms with Crippen molar-refractivity contribution in [3.05, 3.63) is 0 Å². The zero-order valence-electron chi connectivity index (χ0n) is 10.7. The van der Waals surface area contributed by atoms with Crippen molar-refractivity contribution in [2.24, 2.45) is 11.7 Å². The van der Waals surface area contributed by atoms with E-state index >= 15 is 0 Å². The van der Waals surface area contributed by atoms with Crippen LogP contribution < -0.4 is 5.73 Å². The van der Waals surface area contributed by atoms with E-state index in [0.29, 0.717) is 19.0 Å². The molecule has 1 saturated heterocycles. The summed E-state index contributed by atoms with van der Waals surface area (Å²) in [5, 5.41) is -0.971. The quantitative estimate of drug-likeness (QED) is 0.776. The second kappa shape index (κ2) is 5.35. The standard InChI is InChI=1S/C11H22N2O3S/c1-8-5-4-6-13(10(8)7-12)11(14)9(2)17(3,15)16/h8-10H,4-7,12H2,1-3H3. The highest BCUT2D eigenvalue weighted by Gasteiger charge is 2.35.